The van der Waals surface area contributed by atoms with Crippen LogP contribution in [0.2, 0.25) is 0 Å². The molecule has 10 nitrogen and oxygen atoms in total. The predicted molar refractivity (Wildman–Crippen MR) is 172 cm³/mol. The summed E-state index contributed by atoms with van der Waals surface area (Å²) in [5, 5.41) is 35.7. The quantitative estimate of drug-likeness (QED) is 0.276. The Kier molecular flexibility index (Phi) is 7.24. The van der Waals surface area contributed by atoms with Crippen LogP contribution in [0, 0.1) is 17.2 Å². The van der Waals surface area contributed by atoms with Crippen LogP contribution in [-0.4, -0.2) is 69.7 Å². The van der Waals surface area contributed by atoms with Crippen LogP contribution < -0.4 is 16.0 Å². The second-order valence-electron chi connectivity index (χ2n) is 13.3. The molecule has 1 amide bonds. The molecule has 4 N–H and O–H groups in total. The predicted octanol–water partition coefficient (Wildman–Crippen LogP) is 3.58. The van der Waals surface area contributed by atoms with E-state index >= 15 is 0 Å². The standard InChI is InChI=1S/C35H41N9O/c1-21(44-28(18-36)16-27-17-31(27)44)19-39-34(12-5-13-34)20-35(33-40-42-43-41-33)29-10-8-23(22(2)37-3)14-24(29)6-7-25-15-26(32(45)38-4)9-11-30(25)35/h8-11,14-15,27-28,31,37,39H,1-2,5-7,12-13,16-17,19-20H2,3-4H3,(H,38,45)(H,40,41,42,43)/t27-,28?,31?,35?/m1/s1. The van der Waals surface area contributed by atoms with Crippen molar-refractivity contribution >= 4 is 11.6 Å². The van der Waals surface area contributed by atoms with Crippen LogP contribution in [0.1, 0.15) is 82.5 Å². The van der Waals surface area contributed by atoms with Crippen molar-refractivity contribution in [2.24, 2.45) is 5.92 Å². The molecule has 2 heterocycles. The number of hydrogen-bond acceptors (Lipinski definition) is 8. The van der Waals surface area contributed by atoms with Crippen LogP contribution in [0.15, 0.2) is 55.3 Å². The van der Waals surface area contributed by atoms with Gasteiger partial charge in [-0.05, 0) is 114 Å². The molecule has 2 saturated carbocycles. The van der Waals surface area contributed by atoms with E-state index in [1.165, 1.54) is 5.56 Å². The summed E-state index contributed by atoms with van der Waals surface area (Å²) in [6, 6.07) is 15.5. The minimum Gasteiger partial charge on any atom is -0.388 e. The summed E-state index contributed by atoms with van der Waals surface area (Å²) < 4.78 is 0. The van der Waals surface area contributed by atoms with Crippen LogP contribution in [0.5, 0.6) is 0 Å². The number of rotatable bonds is 10. The highest BCUT2D eigenvalue weighted by Gasteiger charge is 2.54. The van der Waals surface area contributed by atoms with Crippen molar-refractivity contribution in [1.82, 2.24) is 41.5 Å². The Balaban J connectivity index is 1.33. The summed E-state index contributed by atoms with van der Waals surface area (Å²) in [6.45, 7) is 9.31. The first-order valence-corrected chi connectivity index (χ1v) is 16.0. The molecule has 10 heteroatoms. The van der Waals surface area contributed by atoms with Gasteiger partial charge in [0.1, 0.15) is 6.04 Å². The third kappa shape index (κ3) is 4.81. The summed E-state index contributed by atoms with van der Waals surface area (Å²) in [5.41, 5.74) is 7.25. The van der Waals surface area contributed by atoms with Crippen molar-refractivity contribution in [2.75, 3.05) is 20.6 Å². The Morgan fingerprint density at radius 3 is 2.38 bits per heavy atom. The van der Waals surface area contributed by atoms with Gasteiger partial charge in [-0.2, -0.15) is 5.26 Å². The van der Waals surface area contributed by atoms with Crippen LogP contribution in [0.4, 0.5) is 0 Å². The number of aromatic amines is 1. The van der Waals surface area contributed by atoms with Crippen LogP contribution in [0.3, 0.4) is 0 Å². The summed E-state index contributed by atoms with van der Waals surface area (Å²) >= 11 is 0. The number of carbonyl (C=O) groups is 1. The maximum absolute atomic E-state index is 12.8. The van der Waals surface area contributed by atoms with E-state index in [1.54, 1.807) is 7.05 Å². The lowest BCUT2D eigenvalue weighted by Gasteiger charge is -2.50. The first kappa shape index (κ1) is 29.2. The number of nitrogens with one attached hydrogen (secondary N) is 4. The van der Waals surface area contributed by atoms with Crippen LogP contribution in [-0.2, 0) is 18.3 Å². The van der Waals surface area contributed by atoms with E-state index in [0.29, 0.717) is 29.9 Å². The number of hydrogen-bond donors (Lipinski definition) is 4. The fraction of sp³-hybridized carbons (Fsp3) is 0.457. The van der Waals surface area contributed by atoms with E-state index in [9.17, 15) is 10.1 Å². The number of likely N-dealkylation sites (tertiary alicyclic amines) is 1. The molecule has 3 unspecified atom stereocenters. The van der Waals surface area contributed by atoms with Gasteiger partial charge in [0.15, 0.2) is 5.82 Å². The number of aryl methyl sites for hydroxylation is 2. The Bertz CT molecular complexity index is 1630. The molecule has 3 fully saturated rings. The Labute approximate surface area is 264 Å². The van der Waals surface area contributed by atoms with Gasteiger partial charge in [0.25, 0.3) is 5.91 Å². The number of tetrazole rings is 1. The van der Waals surface area contributed by atoms with Gasteiger partial charge in [0, 0.05) is 49.2 Å². The van der Waals surface area contributed by atoms with Crippen molar-refractivity contribution in [3.63, 3.8) is 0 Å². The van der Waals surface area contributed by atoms with E-state index < -0.39 is 5.41 Å². The molecule has 4 atom stereocenters. The SMILES string of the molecule is C=C(NC)c1ccc2c(c1)CCc1cc(C(=O)NC)ccc1C2(CC1(NCC(=C)N2C(C#N)C[C@@H]3CC32)CCC1)c1nnn[nH]1. The van der Waals surface area contributed by atoms with Crippen molar-refractivity contribution in [2.45, 2.75) is 74.4 Å². The van der Waals surface area contributed by atoms with Gasteiger partial charge in [-0.3, -0.25) is 4.79 Å². The lowest BCUT2D eigenvalue weighted by Crippen LogP contribution is -2.57. The molecule has 0 spiro atoms. The molecule has 0 radical (unpaired) electrons. The molecule has 4 aliphatic rings. The minimum atomic E-state index is -0.704. The second-order valence-corrected chi connectivity index (χ2v) is 13.3. The molecule has 3 aliphatic carbocycles. The highest BCUT2D eigenvalue weighted by Crippen LogP contribution is 2.53. The molecule has 1 saturated heterocycles. The maximum Gasteiger partial charge on any atom is 0.251 e. The zero-order chi connectivity index (χ0) is 31.3. The Hall–Kier alpha value is -4.49. The minimum absolute atomic E-state index is 0.0799. The van der Waals surface area contributed by atoms with Crippen molar-refractivity contribution < 1.29 is 4.79 Å². The molecule has 45 heavy (non-hydrogen) atoms. The smallest absolute Gasteiger partial charge is 0.251 e. The normalized spacial score (nSPS) is 25.4. The average Bonchev–Trinajstić information content (AvgIpc) is 3.43. The first-order chi connectivity index (χ1) is 21.8. The van der Waals surface area contributed by atoms with Gasteiger partial charge < -0.3 is 20.9 Å². The van der Waals surface area contributed by atoms with E-state index in [0.717, 1.165) is 85.0 Å². The number of carbonyl (C=O) groups excluding carboxylic acids is 1. The molecule has 0 bridgehead atoms. The van der Waals surface area contributed by atoms with Gasteiger partial charge in [-0.15, -0.1) is 5.10 Å². The number of nitriles is 1. The van der Waals surface area contributed by atoms with E-state index in [-0.39, 0.29) is 17.5 Å². The first-order valence-electron chi connectivity index (χ1n) is 16.0. The number of nitrogens with zero attached hydrogens (tertiary/aromatic N) is 5. The monoisotopic (exact) mass is 603 g/mol. The third-order valence-corrected chi connectivity index (χ3v) is 10.9. The summed E-state index contributed by atoms with van der Waals surface area (Å²) in [4.78, 5) is 15.0. The maximum atomic E-state index is 12.8. The van der Waals surface area contributed by atoms with Crippen LogP contribution in [0.25, 0.3) is 5.70 Å². The Morgan fingerprint density at radius 2 is 1.78 bits per heavy atom. The van der Waals surface area contributed by atoms with Gasteiger partial charge in [-0.25, -0.2) is 5.10 Å². The molecule has 2 aromatic carbocycles. The number of amides is 1. The Morgan fingerprint density at radius 1 is 1.07 bits per heavy atom. The zero-order valence-electron chi connectivity index (χ0n) is 26.1. The van der Waals surface area contributed by atoms with Crippen molar-refractivity contribution in [3.8, 4) is 6.07 Å². The summed E-state index contributed by atoms with van der Waals surface area (Å²) in [7, 11) is 3.55. The van der Waals surface area contributed by atoms with Gasteiger partial charge in [-0.1, -0.05) is 31.4 Å². The second kappa shape index (κ2) is 11.1. The lowest BCUT2D eigenvalue weighted by molar-refractivity contribution is 0.0963. The van der Waals surface area contributed by atoms with Crippen molar-refractivity contribution in [3.05, 3.63) is 94.5 Å². The number of benzene rings is 2. The number of H-pyrrole nitrogens is 1. The molecule has 1 aromatic heterocycles. The fourth-order valence-corrected chi connectivity index (χ4v) is 8.27. The van der Waals surface area contributed by atoms with Gasteiger partial charge >= 0.3 is 0 Å². The fourth-order valence-electron chi connectivity index (χ4n) is 8.27. The molecule has 232 valence electrons. The molecular formula is C35H41N9O. The van der Waals surface area contributed by atoms with Gasteiger partial charge in [0.05, 0.1) is 11.5 Å². The van der Waals surface area contributed by atoms with Crippen molar-refractivity contribution in [1.29, 1.82) is 5.26 Å². The number of piperidine rings is 1. The van der Waals surface area contributed by atoms with Gasteiger partial charge in [0.2, 0.25) is 0 Å². The summed E-state index contributed by atoms with van der Waals surface area (Å²) in [6.07, 6.45) is 7.55. The average molecular weight is 604 g/mol. The number of fused-ring (bicyclic) bond motifs is 3. The van der Waals surface area contributed by atoms with Crippen LogP contribution >= 0.6 is 0 Å². The van der Waals surface area contributed by atoms with E-state index in [1.807, 2.05) is 19.2 Å². The molecule has 1 aliphatic heterocycles. The van der Waals surface area contributed by atoms with E-state index in [4.69, 9.17) is 0 Å². The lowest BCUT2D eigenvalue weighted by atomic mass is 9.60. The zero-order valence-corrected chi connectivity index (χ0v) is 26.1. The number of aromatic nitrogens is 4. The third-order valence-electron chi connectivity index (χ3n) is 10.9. The molecule has 3 aromatic rings. The molecular weight excluding hydrogens is 562 g/mol. The summed E-state index contributed by atoms with van der Waals surface area (Å²) in [5.74, 6) is 1.22. The highest BCUT2D eigenvalue weighted by atomic mass is 16.1. The van der Waals surface area contributed by atoms with E-state index in [2.05, 4.69) is 85.0 Å². The topological polar surface area (TPSA) is 135 Å². The highest BCUT2D eigenvalue weighted by molar-refractivity contribution is 5.94. The molecule has 7 rings (SSSR count). The largest absolute Gasteiger partial charge is 0.388 e.